The summed E-state index contributed by atoms with van der Waals surface area (Å²) in [6, 6.07) is 12.7. The Bertz CT molecular complexity index is 857. The maximum absolute atomic E-state index is 12.3. The van der Waals surface area contributed by atoms with Gasteiger partial charge in [-0.2, -0.15) is 0 Å². The average molecular weight is 365 g/mol. The average Bonchev–Trinajstić information content (AvgIpc) is 3.32. The number of hydrogen-bond acceptors (Lipinski definition) is 3. The summed E-state index contributed by atoms with van der Waals surface area (Å²) >= 11 is 0. The molecule has 142 valence electrons. The van der Waals surface area contributed by atoms with Crippen LogP contribution in [-0.4, -0.2) is 26.7 Å². The summed E-state index contributed by atoms with van der Waals surface area (Å²) in [5.74, 6) is 2.22. The van der Waals surface area contributed by atoms with Gasteiger partial charge in [0.25, 0.3) is 0 Å². The molecule has 1 spiro atoms. The normalized spacial score (nSPS) is 18.6. The van der Waals surface area contributed by atoms with Crippen molar-refractivity contribution < 1.29 is 14.3 Å². The molecule has 0 bridgehead atoms. The molecule has 4 nitrogen and oxygen atoms in total. The standard InChI is InChI=1S/C23H27NO3/c1-22(2,3)21(25)24-13-14-12-23(14)19-10-15(26-4)6-8-17(19)18-9-7-16(27-5)11-20(18)23/h6-11,14H,12-13H2,1-5H3,(H,24,25). The predicted molar refractivity (Wildman–Crippen MR) is 106 cm³/mol. The van der Waals surface area contributed by atoms with Crippen molar-refractivity contribution >= 4 is 5.91 Å². The van der Waals surface area contributed by atoms with E-state index in [1.807, 2.05) is 32.9 Å². The summed E-state index contributed by atoms with van der Waals surface area (Å²) in [5, 5.41) is 3.15. The van der Waals surface area contributed by atoms with Crippen LogP contribution in [0.15, 0.2) is 36.4 Å². The van der Waals surface area contributed by atoms with Gasteiger partial charge in [-0.25, -0.2) is 0 Å². The minimum Gasteiger partial charge on any atom is -0.497 e. The quantitative estimate of drug-likeness (QED) is 0.885. The fourth-order valence-corrected chi connectivity index (χ4v) is 4.37. The molecule has 27 heavy (non-hydrogen) atoms. The summed E-state index contributed by atoms with van der Waals surface area (Å²) in [4.78, 5) is 12.3. The van der Waals surface area contributed by atoms with Gasteiger partial charge < -0.3 is 14.8 Å². The van der Waals surface area contributed by atoms with Gasteiger partial charge in [-0.1, -0.05) is 32.9 Å². The largest absolute Gasteiger partial charge is 0.497 e. The number of benzene rings is 2. The first-order chi connectivity index (χ1) is 12.8. The molecular formula is C23H27NO3. The lowest BCUT2D eigenvalue weighted by Crippen LogP contribution is -2.36. The second kappa shape index (κ2) is 6.01. The van der Waals surface area contributed by atoms with Crippen molar-refractivity contribution in [3.8, 4) is 22.6 Å². The van der Waals surface area contributed by atoms with E-state index in [1.165, 1.54) is 22.3 Å². The molecule has 0 aliphatic heterocycles. The number of amides is 1. The lowest BCUT2D eigenvalue weighted by molar-refractivity contribution is -0.128. The number of hydrogen-bond donors (Lipinski definition) is 1. The molecule has 1 amide bonds. The molecule has 0 aromatic heterocycles. The Balaban J connectivity index is 1.72. The first kappa shape index (κ1) is 17.9. The minimum atomic E-state index is -0.375. The van der Waals surface area contributed by atoms with Gasteiger partial charge in [0.2, 0.25) is 5.91 Å². The molecule has 2 aliphatic rings. The van der Waals surface area contributed by atoms with Crippen molar-refractivity contribution in [1.82, 2.24) is 5.32 Å². The second-order valence-corrected chi connectivity index (χ2v) is 8.66. The molecule has 1 unspecified atom stereocenters. The number of methoxy groups -OCH3 is 2. The van der Waals surface area contributed by atoms with E-state index in [1.54, 1.807) is 14.2 Å². The van der Waals surface area contributed by atoms with Crippen LogP contribution in [0.25, 0.3) is 11.1 Å². The Morgan fingerprint density at radius 2 is 1.56 bits per heavy atom. The third-order valence-electron chi connectivity index (χ3n) is 6.00. The maximum Gasteiger partial charge on any atom is 0.225 e. The molecule has 4 heteroatoms. The number of nitrogens with one attached hydrogen (secondary N) is 1. The molecule has 1 fully saturated rings. The van der Waals surface area contributed by atoms with Gasteiger partial charge in [0, 0.05) is 17.4 Å². The maximum atomic E-state index is 12.3. The van der Waals surface area contributed by atoms with Crippen LogP contribution in [0.1, 0.15) is 38.3 Å². The van der Waals surface area contributed by atoms with Crippen molar-refractivity contribution in [3.05, 3.63) is 47.5 Å². The van der Waals surface area contributed by atoms with Crippen molar-refractivity contribution in [2.75, 3.05) is 20.8 Å². The van der Waals surface area contributed by atoms with E-state index >= 15 is 0 Å². The summed E-state index contributed by atoms with van der Waals surface area (Å²) in [5.41, 5.74) is 4.70. The van der Waals surface area contributed by atoms with E-state index in [2.05, 4.69) is 29.6 Å². The Morgan fingerprint density at radius 3 is 2.00 bits per heavy atom. The monoisotopic (exact) mass is 365 g/mol. The molecule has 1 N–H and O–H groups in total. The van der Waals surface area contributed by atoms with Crippen LogP contribution in [0.3, 0.4) is 0 Å². The van der Waals surface area contributed by atoms with E-state index in [0.29, 0.717) is 12.5 Å². The highest BCUT2D eigenvalue weighted by molar-refractivity contribution is 5.85. The first-order valence-corrected chi connectivity index (χ1v) is 9.47. The zero-order valence-corrected chi connectivity index (χ0v) is 16.7. The van der Waals surface area contributed by atoms with Gasteiger partial charge in [0.1, 0.15) is 11.5 Å². The SMILES string of the molecule is COc1ccc2c(c1)C1(CC1CNC(=O)C(C)(C)C)c1cc(OC)ccc1-2. The van der Waals surface area contributed by atoms with Gasteiger partial charge >= 0.3 is 0 Å². The highest BCUT2D eigenvalue weighted by Crippen LogP contribution is 2.66. The molecule has 0 radical (unpaired) electrons. The lowest BCUT2D eigenvalue weighted by atomic mass is 9.90. The van der Waals surface area contributed by atoms with Crippen LogP contribution < -0.4 is 14.8 Å². The van der Waals surface area contributed by atoms with Crippen LogP contribution in [-0.2, 0) is 10.2 Å². The number of carbonyl (C=O) groups is 1. The van der Waals surface area contributed by atoms with Gasteiger partial charge in [-0.3, -0.25) is 4.79 Å². The van der Waals surface area contributed by atoms with Crippen molar-refractivity contribution in [3.63, 3.8) is 0 Å². The molecular weight excluding hydrogens is 338 g/mol. The summed E-state index contributed by atoms with van der Waals surface area (Å²) in [7, 11) is 3.40. The highest BCUT2D eigenvalue weighted by atomic mass is 16.5. The predicted octanol–water partition coefficient (Wildman–Crippen LogP) is 4.15. The van der Waals surface area contributed by atoms with E-state index in [-0.39, 0.29) is 16.7 Å². The molecule has 4 rings (SSSR count). The van der Waals surface area contributed by atoms with Crippen molar-refractivity contribution in [2.45, 2.75) is 32.6 Å². The first-order valence-electron chi connectivity index (χ1n) is 9.47. The molecule has 1 saturated carbocycles. The Labute approximate surface area is 160 Å². The number of ether oxygens (including phenoxy) is 2. The topological polar surface area (TPSA) is 47.6 Å². The van der Waals surface area contributed by atoms with E-state index in [4.69, 9.17) is 9.47 Å². The van der Waals surface area contributed by atoms with Crippen LogP contribution in [0.5, 0.6) is 11.5 Å². The Kier molecular flexibility index (Phi) is 3.99. The number of rotatable bonds is 4. The van der Waals surface area contributed by atoms with E-state index in [9.17, 15) is 4.79 Å². The smallest absolute Gasteiger partial charge is 0.225 e. The summed E-state index contributed by atoms with van der Waals surface area (Å²) in [6.45, 7) is 6.52. The van der Waals surface area contributed by atoms with Crippen molar-refractivity contribution in [1.29, 1.82) is 0 Å². The molecule has 0 heterocycles. The molecule has 1 atom stereocenters. The summed E-state index contributed by atoms with van der Waals surface area (Å²) < 4.78 is 11.0. The van der Waals surface area contributed by atoms with Gasteiger partial charge in [-0.05, 0) is 58.9 Å². The molecule has 2 aromatic carbocycles. The highest BCUT2D eigenvalue weighted by Gasteiger charge is 2.61. The Hall–Kier alpha value is -2.49. The number of carbonyl (C=O) groups excluding carboxylic acids is 1. The van der Waals surface area contributed by atoms with Crippen LogP contribution in [0.2, 0.25) is 0 Å². The van der Waals surface area contributed by atoms with Gasteiger partial charge in [-0.15, -0.1) is 0 Å². The molecule has 2 aromatic rings. The van der Waals surface area contributed by atoms with Gasteiger partial charge in [0.15, 0.2) is 0 Å². The fraction of sp³-hybridized carbons (Fsp3) is 0.435. The van der Waals surface area contributed by atoms with E-state index in [0.717, 1.165) is 17.9 Å². The molecule has 2 aliphatic carbocycles. The third-order valence-corrected chi connectivity index (χ3v) is 6.00. The van der Waals surface area contributed by atoms with Crippen LogP contribution in [0, 0.1) is 11.3 Å². The van der Waals surface area contributed by atoms with Crippen LogP contribution in [0.4, 0.5) is 0 Å². The van der Waals surface area contributed by atoms with Crippen LogP contribution >= 0.6 is 0 Å². The third kappa shape index (κ3) is 2.70. The molecule has 0 saturated heterocycles. The van der Waals surface area contributed by atoms with Crippen molar-refractivity contribution in [2.24, 2.45) is 11.3 Å². The fourth-order valence-electron chi connectivity index (χ4n) is 4.37. The van der Waals surface area contributed by atoms with Gasteiger partial charge in [0.05, 0.1) is 14.2 Å². The zero-order valence-electron chi connectivity index (χ0n) is 16.7. The second-order valence-electron chi connectivity index (χ2n) is 8.66. The minimum absolute atomic E-state index is 0.0566. The van der Waals surface area contributed by atoms with E-state index < -0.39 is 0 Å². The zero-order chi connectivity index (χ0) is 19.4. The Morgan fingerprint density at radius 1 is 1.04 bits per heavy atom. The lowest BCUT2D eigenvalue weighted by Gasteiger charge is -2.19. The number of fused-ring (bicyclic) bond motifs is 5. The summed E-state index contributed by atoms with van der Waals surface area (Å²) in [6.07, 6.45) is 1.03.